The quantitative estimate of drug-likeness (QED) is 0.524. The van der Waals surface area contributed by atoms with Crippen LogP contribution in [0.15, 0.2) is 72.5 Å². The molecule has 4 aromatic rings. The van der Waals surface area contributed by atoms with E-state index in [1.807, 2.05) is 30.3 Å². The molecule has 1 aliphatic rings. The van der Waals surface area contributed by atoms with Crippen molar-refractivity contribution in [2.75, 3.05) is 4.90 Å². The van der Waals surface area contributed by atoms with Gasteiger partial charge in [-0.15, -0.1) is 11.3 Å². The zero-order valence-electron chi connectivity index (χ0n) is 14.2. The Bertz CT molecular complexity index is 1140. The number of para-hydroxylation sites is 1. The molecule has 0 bridgehead atoms. The van der Waals surface area contributed by atoms with Crippen LogP contribution in [-0.2, 0) is 6.54 Å². The van der Waals surface area contributed by atoms with Crippen molar-refractivity contribution in [3.8, 4) is 21.8 Å². The lowest BCUT2D eigenvalue weighted by molar-refractivity contribution is 0.0981. The summed E-state index contributed by atoms with van der Waals surface area (Å²) in [7, 11) is 0. The lowest BCUT2D eigenvalue weighted by atomic mass is 9.93. The van der Waals surface area contributed by atoms with Crippen LogP contribution in [0.25, 0.3) is 21.8 Å². The second-order valence-electron chi connectivity index (χ2n) is 6.19. The highest BCUT2D eigenvalue weighted by molar-refractivity contribution is 7.13. The number of aromatic nitrogens is 3. The number of hydrogen-bond acceptors (Lipinski definition) is 5. The molecule has 0 saturated carbocycles. The number of carbonyl (C=O) groups is 1. The van der Waals surface area contributed by atoms with Gasteiger partial charge < -0.3 is 4.90 Å². The molecule has 1 amide bonds. The Labute approximate surface area is 160 Å². The number of anilines is 1. The number of thiazole rings is 1. The molecule has 0 unspecified atom stereocenters. The first-order valence-electron chi connectivity index (χ1n) is 8.52. The van der Waals surface area contributed by atoms with Gasteiger partial charge in [0.05, 0.1) is 18.4 Å². The Hall–Kier alpha value is -3.38. The fourth-order valence-corrected chi connectivity index (χ4v) is 4.09. The molecular weight excluding hydrogens is 356 g/mol. The number of rotatable bonds is 2. The van der Waals surface area contributed by atoms with E-state index in [2.05, 4.69) is 33.2 Å². The van der Waals surface area contributed by atoms with Gasteiger partial charge in [-0.3, -0.25) is 14.8 Å². The fraction of sp³-hybridized carbons (Fsp3) is 0.0476. The van der Waals surface area contributed by atoms with Crippen molar-refractivity contribution < 1.29 is 4.79 Å². The minimum Gasteiger partial charge on any atom is -0.302 e. The molecule has 1 aliphatic heterocycles. The number of nitrogens with zero attached hydrogens (tertiary/aromatic N) is 4. The van der Waals surface area contributed by atoms with Crippen molar-refractivity contribution in [3.05, 3.63) is 83.8 Å². The summed E-state index contributed by atoms with van der Waals surface area (Å²) in [6.07, 6.45) is 4.89. The van der Waals surface area contributed by atoms with Gasteiger partial charge in [-0.05, 0) is 17.2 Å². The van der Waals surface area contributed by atoms with Gasteiger partial charge >= 0.3 is 0 Å². The highest BCUT2D eigenvalue weighted by atomic mass is 32.1. The van der Waals surface area contributed by atoms with Crippen LogP contribution < -0.4 is 4.90 Å². The average molecular weight is 370 g/mol. The fourth-order valence-electron chi connectivity index (χ4n) is 3.33. The summed E-state index contributed by atoms with van der Waals surface area (Å²) in [6.45, 7) is 0.532. The first-order valence-corrected chi connectivity index (χ1v) is 9.40. The number of amides is 1. The lowest BCUT2D eigenvalue weighted by Gasteiger charge is -2.30. The topological polar surface area (TPSA) is 59.0 Å². The number of hydrogen-bond donors (Lipinski definition) is 0. The summed E-state index contributed by atoms with van der Waals surface area (Å²) >= 11 is 1.40. The molecule has 2 aromatic heterocycles. The molecule has 0 radical (unpaired) electrons. The van der Waals surface area contributed by atoms with E-state index in [0.29, 0.717) is 22.9 Å². The van der Waals surface area contributed by atoms with E-state index in [9.17, 15) is 4.79 Å². The molecule has 2 aromatic carbocycles. The largest absolute Gasteiger partial charge is 0.302 e. The molecule has 5 rings (SSSR count). The van der Waals surface area contributed by atoms with E-state index >= 15 is 0 Å². The summed E-state index contributed by atoms with van der Waals surface area (Å²) in [5.74, 6) is -0.108. The summed E-state index contributed by atoms with van der Waals surface area (Å²) in [6, 6.07) is 16.2. The molecule has 0 N–H and O–H groups in total. The van der Waals surface area contributed by atoms with Gasteiger partial charge in [0, 0.05) is 23.3 Å². The summed E-state index contributed by atoms with van der Waals surface area (Å²) in [5, 5.41) is 2.48. The van der Waals surface area contributed by atoms with Gasteiger partial charge in [0.1, 0.15) is 16.4 Å². The third-order valence-corrected chi connectivity index (χ3v) is 5.45. The molecule has 0 aliphatic carbocycles. The van der Waals surface area contributed by atoms with Crippen molar-refractivity contribution in [3.63, 3.8) is 0 Å². The van der Waals surface area contributed by atoms with E-state index in [4.69, 9.17) is 0 Å². The van der Waals surface area contributed by atoms with Crippen LogP contribution in [0, 0.1) is 0 Å². The van der Waals surface area contributed by atoms with Crippen molar-refractivity contribution in [1.29, 1.82) is 0 Å². The summed E-state index contributed by atoms with van der Waals surface area (Å²) < 4.78 is 0. The van der Waals surface area contributed by atoms with E-state index in [-0.39, 0.29) is 5.91 Å². The van der Waals surface area contributed by atoms with Crippen molar-refractivity contribution in [2.24, 2.45) is 0 Å². The van der Waals surface area contributed by atoms with Crippen LogP contribution in [0.2, 0.25) is 0 Å². The number of fused-ring (bicyclic) bond motifs is 3. The Kier molecular flexibility index (Phi) is 3.76. The molecule has 0 spiro atoms. The average Bonchev–Trinajstić information content (AvgIpc) is 3.24. The minimum absolute atomic E-state index is 0.108. The van der Waals surface area contributed by atoms with Gasteiger partial charge in [0.15, 0.2) is 0 Å². The van der Waals surface area contributed by atoms with E-state index in [1.54, 1.807) is 28.9 Å². The summed E-state index contributed by atoms with van der Waals surface area (Å²) in [5.41, 5.74) is 5.39. The normalized spacial score (nSPS) is 12.4. The zero-order valence-corrected chi connectivity index (χ0v) is 15.1. The highest BCUT2D eigenvalue weighted by Gasteiger charge is 2.28. The Morgan fingerprint density at radius 3 is 2.67 bits per heavy atom. The Balaban J connectivity index is 1.54. The van der Waals surface area contributed by atoms with Gasteiger partial charge in [-0.2, -0.15) is 0 Å². The maximum Gasteiger partial charge on any atom is 0.278 e. The maximum atomic E-state index is 13.3. The van der Waals surface area contributed by atoms with Gasteiger partial charge in [-0.1, -0.05) is 42.5 Å². The molecule has 3 heterocycles. The van der Waals surface area contributed by atoms with Gasteiger partial charge in [-0.25, -0.2) is 4.98 Å². The van der Waals surface area contributed by atoms with Crippen LogP contribution >= 0.6 is 11.3 Å². The monoisotopic (exact) mass is 370 g/mol. The smallest absolute Gasteiger partial charge is 0.278 e. The van der Waals surface area contributed by atoms with Crippen molar-refractivity contribution in [2.45, 2.75) is 6.54 Å². The SMILES string of the molecule is O=C(c1csc(-c2cnccn2)n1)N1Cc2ccccc2-c2ccccc21. The second-order valence-corrected chi connectivity index (χ2v) is 7.05. The number of benzene rings is 2. The summed E-state index contributed by atoms with van der Waals surface area (Å²) in [4.78, 5) is 27.9. The molecule has 27 heavy (non-hydrogen) atoms. The third kappa shape index (κ3) is 2.71. The van der Waals surface area contributed by atoms with Crippen LogP contribution in [-0.4, -0.2) is 20.9 Å². The lowest BCUT2D eigenvalue weighted by Crippen LogP contribution is -2.33. The maximum absolute atomic E-state index is 13.3. The molecule has 130 valence electrons. The van der Waals surface area contributed by atoms with E-state index < -0.39 is 0 Å². The van der Waals surface area contributed by atoms with Gasteiger partial charge in [0.25, 0.3) is 5.91 Å². The molecule has 5 nitrogen and oxygen atoms in total. The van der Waals surface area contributed by atoms with Crippen molar-refractivity contribution in [1.82, 2.24) is 15.0 Å². The molecule has 0 atom stereocenters. The first kappa shape index (κ1) is 15.8. The van der Waals surface area contributed by atoms with E-state index in [0.717, 1.165) is 16.8 Å². The van der Waals surface area contributed by atoms with Crippen LogP contribution in [0.3, 0.4) is 0 Å². The zero-order chi connectivity index (χ0) is 18.2. The molecule has 0 fully saturated rings. The minimum atomic E-state index is -0.108. The third-order valence-electron chi connectivity index (χ3n) is 4.58. The molecular formula is C21H14N4OS. The molecule has 0 saturated heterocycles. The molecule has 6 heteroatoms. The van der Waals surface area contributed by atoms with Crippen LogP contribution in [0.1, 0.15) is 16.1 Å². The highest BCUT2D eigenvalue weighted by Crippen LogP contribution is 2.39. The van der Waals surface area contributed by atoms with Gasteiger partial charge in [0.2, 0.25) is 0 Å². The predicted molar refractivity (Wildman–Crippen MR) is 106 cm³/mol. The Morgan fingerprint density at radius 2 is 1.81 bits per heavy atom. The van der Waals surface area contributed by atoms with E-state index in [1.165, 1.54) is 16.9 Å². The second kappa shape index (κ2) is 6.41. The Morgan fingerprint density at radius 1 is 1.00 bits per heavy atom. The predicted octanol–water partition coefficient (Wildman–Crippen LogP) is 4.43. The first-order chi connectivity index (χ1) is 13.3. The van der Waals surface area contributed by atoms with Crippen LogP contribution in [0.5, 0.6) is 0 Å². The van der Waals surface area contributed by atoms with Crippen LogP contribution in [0.4, 0.5) is 5.69 Å². The van der Waals surface area contributed by atoms with Crippen molar-refractivity contribution >= 4 is 22.9 Å². The standard InChI is InChI=1S/C21H14N4OS/c26-21(18-13-27-20(24-18)17-11-22-9-10-23-17)25-12-14-5-1-2-6-15(14)16-7-3-4-8-19(16)25/h1-11,13H,12H2. The number of carbonyl (C=O) groups excluding carboxylic acids is 1.